The second-order valence-corrected chi connectivity index (χ2v) is 6.08. The first-order valence-corrected chi connectivity index (χ1v) is 7.95. The fraction of sp³-hybridized carbons (Fsp3) is 0.389. The Morgan fingerprint density at radius 2 is 1.96 bits per heavy atom. The molecule has 0 aliphatic heterocycles. The van der Waals surface area contributed by atoms with Gasteiger partial charge in [0.05, 0.1) is 12.2 Å². The summed E-state index contributed by atoms with van der Waals surface area (Å²) in [6.45, 7) is 4.93. The van der Waals surface area contributed by atoms with Gasteiger partial charge in [0.2, 0.25) is 5.91 Å². The molecule has 0 spiro atoms. The molecule has 0 unspecified atom stereocenters. The maximum absolute atomic E-state index is 12.2. The molecule has 0 aliphatic rings. The van der Waals surface area contributed by atoms with E-state index in [1.807, 2.05) is 42.8 Å². The number of aryl methyl sites for hydroxylation is 2. The lowest BCUT2D eigenvalue weighted by Gasteiger charge is -2.11. The smallest absolute Gasteiger partial charge is 0.251 e. The summed E-state index contributed by atoms with van der Waals surface area (Å²) in [6, 6.07) is 9.50. The van der Waals surface area contributed by atoms with Crippen LogP contribution in [0, 0.1) is 13.8 Å². The second kappa shape index (κ2) is 7.77. The summed E-state index contributed by atoms with van der Waals surface area (Å²) in [7, 11) is 3.40. The topological polar surface area (TPSA) is 67.2 Å². The minimum atomic E-state index is -0.170. The summed E-state index contributed by atoms with van der Waals surface area (Å²) in [6.07, 6.45) is 0.296. The Bertz CT molecular complexity index is 734. The van der Waals surface area contributed by atoms with E-state index < -0.39 is 0 Å². The molecule has 2 aromatic rings. The molecule has 1 aromatic carbocycles. The summed E-state index contributed by atoms with van der Waals surface area (Å²) < 4.78 is 1.92. The summed E-state index contributed by atoms with van der Waals surface area (Å²) >= 11 is 0. The first-order valence-electron chi connectivity index (χ1n) is 7.95. The number of nitrogens with zero attached hydrogens (tertiary/aromatic N) is 3. The van der Waals surface area contributed by atoms with Crippen molar-refractivity contribution in [3.8, 4) is 0 Å². The molecule has 6 nitrogen and oxygen atoms in total. The minimum absolute atomic E-state index is 0.00595. The maximum atomic E-state index is 12.2. The number of carbonyl (C=O) groups excluding carboxylic acids is 2. The van der Waals surface area contributed by atoms with Crippen molar-refractivity contribution < 1.29 is 9.59 Å². The first-order chi connectivity index (χ1) is 11.4. The monoisotopic (exact) mass is 328 g/mol. The van der Waals surface area contributed by atoms with E-state index in [0.29, 0.717) is 25.1 Å². The molecule has 0 saturated heterocycles. The van der Waals surface area contributed by atoms with Crippen LogP contribution in [0.1, 0.15) is 33.7 Å². The van der Waals surface area contributed by atoms with E-state index in [2.05, 4.69) is 10.4 Å². The number of benzene rings is 1. The number of hydrogen-bond donors (Lipinski definition) is 1. The zero-order valence-corrected chi connectivity index (χ0v) is 14.7. The van der Waals surface area contributed by atoms with E-state index in [1.54, 1.807) is 20.2 Å². The van der Waals surface area contributed by atoms with Crippen LogP contribution >= 0.6 is 0 Å². The van der Waals surface area contributed by atoms with Crippen molar-refractivity contribution in [1.29, 1.82) is 0 Å². The van der Waals surface area contributed by atoms with E-state index in [-0.39, 0.29) is 11.8 Å². The van der Waals surface area contributed by atoms with Gasteiger partial charge in [-0.3, -0.25) is 14.3 Å². The molecule has 1 heterocycles. The number of hydrogen-bond acceptors (Lipinski definition) is 3. The van der Waals surface area contributed by atoms with Gasteiger partial charge in [-0.25, -0.2) is 0 Å². The van der Waals surface area contributed by atoms with E-state index in [1.165, 1.54) is 4.90 Å². The molecule has 2 amide bonds. The van der Waals surface area contributed by atoms with Gasteiger partial charge in [-0.15, -0.1) is 0 Å². The predicted molar refractivity (Wildman–Crippen MR) is 92.9 cm³/mol. The molecular weight excluding hydrogens is 304 g/mol. The molecule has 0 fully saturated rings. The van der Waals surface area contributed by atoms with Crippen LogP contribution in [0.4, 0.5) is 0 Å². The van der Waals surface area contributed by atoms with Crippen LogP contribution in [-0.4, -0.2) is 47.1 Å². The molecule has 24 heavy (non-hydrogen) atoms. The van der Waals surface area contributed by atoms with Gasteiger partial charge < -0.3 is 10.2 Å². The summed E-state index contributed by atoms with van der Waals surface area (Å²) in [5.41, 5.74) is 3.67. The van der Waals surface area contributed by atoms with E-state index in [4.69, 9.17) is 0 Å². The Labute approximate surface area is 142 Å². The van der Waals surface area contributed by atoms with Crippen molar-refractivity contribution in [1.82, 2.24) is 20.0 Å². The van der Waals surface area contributed by atoms with E-state index in [9.17, 15) is 9.59 Å². The van der Waals surface area contributed by atoms with Gasteiger partial charge in [-0.1, -0.05) is 12.1 Å². The zero-order valence-electron chi connectivity index (χ0n) is 14.7. The van der Waals surface area contributed by atoms with Crippen molar-refractivity contribution in [2.45, 2.75) is 26.8 Å². The van der Waals surface area contributed by atoms with Crippen LogP contribution < -0.4 is 5.32 Å². The standard InChI is InChI=1S/C18H24N4O2/c1-13-10-14(2)22(20-13)12-15-6-5-7-16(11-15)18(24)19-9-8-17(23)21(3)4/h5-7,10-11H,8-9,12H2,1-4H3,(H,19,24). The van der Waals surface area contributed by atoms with Crippen molar-refractivity contribution in [3.63, 3.8) is 0 Å². The van der Waals surface area contributed by atoms with Crippen molar-refractivity contribution >= 4 is 11.8 Å². The lowest BCUT2D eigenvalue weighted by Crippen LogP contribution is -2.30. The predicted octanol–water partition coefficient (Wildman–Crippen LogP) is 1.76. The van der Waals surface area contributed by atoms with E-state index in [0.717, 1.165) is 17.0 Å². The Morgan fingerprint density at radius 1 is 1.21 bits per heavy atom. The number of rotatable bonds is 6. The number of aromatic nitrogens is 2. The van der Waals surface area contributed by atoms with Crippen molar-refractivity contribution in [2.75, 3.05) is 20.6 Å². The highest BCUT2D eigenvalue weighted by Gasteiger charge is 2.09. The van der Waals surface area contributed by atoms with Gasteiger partial charge in [-0.05, 0) is 37.6 Å². The Morgan fingerprint density at radius 3 is 2.58 bits per heavy atom. The third kappa shape index (κ3) is 4.68. The van der Waals surface area contributed by atoms with Crippen LogP contribution in [0.3, 0.4) is 0 Å². The number of carbonyl (C=O) groups is 2. The molecule has 6 heteroatoms. The fourth-order valence-electron chi connectivity index (χ4n) is 2.43. The highest BCUT2D eigenvalue weighted by atomic mass is 16.2. The maximum Gasteiger partial charge on any atom is 0.251 e. The third-order valence-corrected chi connectivity index (χ3v) is 3.75. The molecule has 0 atom stereocenters. The molecule has 0 radical (unpaired) electrons. The average Bonchev–Trinajstić information content (AvgIpc) is 2.84. The lowest BCUT2D eigenvalue weighted by molar-refractivity contribution is -0.128. The summed E-state index contributed by atoms with van der Waals surface area (Å²) in [5, 5.41) is 7.22. The molecule has 0 saturated carbocycles. The van der Waals surface area contributed by atoms with Gasteiger partial charge in [0.15, 0.2) is 0 Å². The van der Waals surface area contributed by atoms with Crippen molar-refractivity contribution in [2.24, 2.45) is 0 Å². The largest absolute Gasteiger partial charge is 0.352 e. The van der Waals surface area contributed by atoms with Crippen LogP contribution in [-0.2, 0) is 11.3 Å². The van der Waals surface area contributed by atoms with Crippen molar-refractivity contribution in [3.05, 3.63) is 52.8 Å². The van der Waals surface area contributed by atoms with Gasteiger partial charge in [-0.2, -0.15) is 5.10 Å². The highest BCUT2D eigenvalue weighted by Crippen LogP contribution is 2.10. The van der Waals surface area contributed by atoms with Crippen LogP contribution in [0.15, 0.2) is 30.3 Å². The Balaban J connectivity index is 1.98. The molecular formula is C18H24N4O2. The fourth-order valence-corrected chi connectivity index (χ4v) is 2.43. The lowest BCUT2D eigenvalue weighted by atomic mass is 10.1. The molecule has 1 N–H and O–H groups in total. The van der Waals surface area contributed by atoms with Crippen LogP contribution in [0.25, 0.3) is 0 Å². The SMILES string of the molecule is Cc1cc(C)n(Cc2cccc(C(=O)NCCC(=O)N(C)C)c2)n1. The Hall–Kier alpha value is -2.63. The second-order valence-electron chi connectivity index (χ2n) is 6.08. The molecule has 1 aromatic heterocycles. The zero-order chi connectivity index (χ0) is 17.7. The molecule has 0 bridgehead atoms. The Kier molecular flexibility index (Phi) is 5.73. The molecule has 2 rings (SSSR count). The third-order valence-electron chi connectivity index (χ3n) is 3.75. The average molecular weight is 328 g/mol. The summed E-state index contributed by atoms with van der Waals surface area (Å²) in [4.78, 5) is 25.2. The van der Waals surface area contributed by atoms with Gasteiger partial charge in [0, 0.05) is 38.3 Å². The quantitative estimate of drug-likeness (QED) is 0.878. The van der Waals surface area contributed by atoms with E-state index >= 15 is 0 Å². The van der Waals surface area contributed by atoms with Crippen LogP contribution in [0.2, 0.25) is 0 Å². The number of nitrogens with one attached hydrogen (secondary N) is 1. The normalized spacial score (nSPS) is 10.5. The molecule has 0 aliphatic carbocycles. The minimum Gasteiger partial charge on any atom is -0.352 e. The first kappa shape index (κ1) is 17.7. The molecule has 128 valence electrons. The summed E-state index contributed by atoms with van der Waals surface area (Å²) in [5.74, 6) is -0.176. The van der Waals surface area contributed by atoms with Gasteiger partial charge >= 0.3 is 0 Å². The number of amides is 2. The van der Waals surface area contributed by atoms with Gasteiger partial charge in [0.1, 0.15) is 0 Å². The van der Waals surface area contributed by atoms with Crippen LogP contribution in [0.5, 0.6) is 0 Å². The van der Waals surface area contributed by atoms with Gasteiger partial charge in [0.25, 0.3) is 5.91 Å². The highest BCUT2D eigenvalue weighted by molar-refractivity contribution is 5.94.